The van der Waals surface area contributed by atoms with Gasteiger partial charge in [0.15, 0.2) is 24.6 Å². The summed E-state index contributed by atoms with van der Waals surface area (Å²) in [4.78, 5) is 51.2. The highest BCUT2D eigenvalue weighted by Crippen LogP contribution is 2.27. The number of aliphatic carboxylic acids is 1. The van der Waals surface area contributed by atoms with Gasteiger partial charge in [-0.2, -0.15) is 0 Å². The van der Waals surface area contributed by atoms with Crippen LogP contribution in [0.15, 0.2) is 48.6 Å². The minimum Gasteiger partial charge on any atom is -0.479 e. The van der Waals surface area contributed by atoms with E-state index in [1.54, 1.807) is 0 Å². The standard InChI is InChI=1S/C65H114O12/c1-4-7-10-13-16-19-22-25-27-29-31-34-36-39-42-45-48-51-57(66)73-54-56(75-58(67)52-49-46-43-40-37-33-24-21-18-15-12-9-6-3)55-74-65-63(61(70)60(69)62(77-65)64(71)72)76-59(68)53-50-47-44-41-38-35-32-30-28-26-23-20-17-14-11-8-5-2/h9,12,18,21,26,28,33,37,56,60-63,65,69-70H,4-8,10-11,13-17,19-20,22-25,27,29-32,34-36,38-55H2,1-3H3,(H,71,72)/b12-9-,21-18-,28-26-,37-33-. The van der Waals surface area contributed by atoms with Crippen molar-refractivity contribution in [2.24, 2.45) is 0 Å². The Labute approximate surface area is 469 Å². The Bertz CT molecular complexity index is 1520. The third kappa shape index (κ3) is 43.2. The second kappa shape index (κ2) is 53.3. The fraction of sp³-hybridized carbons (Fsp3) is 0.815. The van der Waals surface area contributed by atoms with Gasteiger partial charge >= 0.3 is 23.9 Å². The van der Waals surface area contributed by atoms with E-state index in [2.05, 4.69) is 69.4 Å². The molecule has 0 aromatic rings. The van der Waals surface area contributed by atoms with Crippen molar-refractivity contribution in [3.63, 3.8) is 0 Å². The maximum absolute atomic E-state index is 13.1. The monoisotopic (exact) mass is 1090 g/mol. The molecule has 0 aliphatic carbocycles. The summed E-state index contributed by atoms with van der Waals surface area (Å²) in [7, 11) is 0. The average Bonchev–Trinajstić information content (AvgIpc) is 3.42. The van der Waals surface area contributed by atoms with E-state index >= 15 is 0 Å². The lowest BCUT2D eigenvalue weighted by Crippen LogP contribution is -2.61. The zero-order chi connectivity index (χ0) is 56.1. The number of unbranched alkanes of at least 4 members (excludes halogenated alkanes) is 32. The van der Waals surface area contributed by atoms with Gasteiger partial charge < -0.3 is 39.0 Å². The summed E-state index contributed by atoms with van der Waals surface area (Å²) in [5.74, 6) is -3.14. The zero-order valence-electron chi connectivity index (χ0n) is 49.2. The van der Waals surface area contributed by atoms with Gasteiger partial charge in [-0.1, -0.05) is 243 Å². The quantitative estimate of drug-likeness (QED) is 0.0228. The second-order valence-electron chi connectivity index (χ2n) is 21.7. The molecule has 0 amide bonds. The van der Waals surface area contributed by atoms with E-state index in [4.69, 9.17) is 23.7 Å². The summed E-state index contributed by atoms with van der Waals surface area (Å²) < 4.78 is 28.5. The maximum atomic E-state index is 13.1. The van der Waals surface area contributed by atoms with Crippen molar-refractivity contribution in [3.8, 4) is 0 Å². The molecule has 1 rings (SSSR count). The summed E-state index contributed by atoms with van der Waals surface area (Å²) >= 11 is 0. The topological polar surface area (TPSA) is 175 Å². The van der Waals surface area contributed by atoms with E-state index in [1.165, 1.54) is 141 Å². The van der Waals surface area contributed by atoms with Gasteiger partial charge in [0.1, 0.15) is 18.8 Å². The molecule has 12 heteroatoms. The Morgan fingerprint density at radius 3 is 1.27 bits per heavy atom. The summed E-state index contributed by atoms with van der Waals surface area (Å²) in [6.45, 7) is 5.88. The van der Waals surface area contributed by atoms with Crippen molar-refractivity contribution in [2.45, 2.75) is 327 Å². The highest BCUT2D eigenvalue weighted by molar-refractivity contribution is 5.74. The van der Waals surface area contributed by atoms with E-state index < -0.39 is 67.3 Å². The van der Waals surface area contributed by atoms with Crippen molar-refractivity contribution >= 4 is 23.9 Å². The minimum atomic E-state index is -1.91. The molecule has 6 atom stereocenters. The zero-order valence-corrected chi connectivity index (χ0v) is 49.2. The molecule has 1 fully saturated rings. The lowest BCUT2D eigenvalue weighted by molar-refractivity contribution is -0.301. The fourth-order valence-corrected chi connectivity index (χ4v) is 9.56. The third-order valence-corrected chi connectivity index (χ3v) is 14.4. The van der Waals surface area contributed by atoms with E-state index in [9.17, 15) is 34.5 Å². The van der Waals surface area contributed by atoms with Crippen LogP contribution in [0.5, 0.6) is 0 Å². The normalized spacial score (nSPS) is 18.3. The molecule has 1 saturated heterocycles. The van der Waals surface area contributed by atoms with E-state index in [0.717, 1.165) is 89.9 Å². The highest BCUT2D eigenvalue weighted by Gasteiger charge is 2.50. The first kappa shape index (κ1) is 71.7. The Balaban J connectivity index is 2.66. The SMILES string of the molecule is CC/C=C\C/C=C\C/C=C\CCCCCC(=O)OC(COC(=O)CCCCCCCCCCCCCCCCCCC)COC1OC(C(=O)O)C(O)C(O)C1OC(=O)CCCCCCCCC/C=C\CCCCCCCC. The van der Waals surface area contributed by atoms with Crippen molar-refractivity contribution in [3.05, 3.63) is 48.6 Å². The number of ether oxygens (including phenoxy) is 5. The van der Waals surface area contributed by atoms with Gasteiger partial charge in [-0.3, -0.25) is 14.4 Å². The first-order chi connectivity index (χ1) is 37.6. The second-order valence-corrected chi connectivity index (χ2v) is 21.7. The smallest absolute Gasteiger partial charge is 0.335 e. The van der Waals surface area contributed by atoms with Crippen molar-refractivity contribution in [1.29, 1.82) is 0 Å². The first-order valence-corrected chi connectivity index (χ1v) is 31.6. The predicted octanol–water partition coefficient (Wildman–Crippen LogP) is 16.6. The largest absolute Gasteiger partial charge is 0.479 e. The summed E-state index contributed by atoms with van der Waals surface area (Å²) in [5.41, 5.74) is 0. The van der Waals surface area contributed by atoms with Crippen molar-refractivity contribution in [1.82, 2.24) is 0 Å². The van der Waals surface area contributed by atoms with Gasteiger partial charge in [0.05, 0.1) is 6.61 Å². The molecule has 0 radical (unpaired) electrons. The number of allylic oxidation sites excluding steroid dienone is 8. The average molecular weight is 1090 g/mol. The molecule has 77 heavy (non-hydrogen) atoms. The minimum absolute atomic E-state index is 0.0538. The molecule has 1 heterocycles. The van der Waals surface area contributed by atoms with Crippen LogP contribution in [0.3, 0.4) is 0 Å². The Morgan fingerprint density at radius 2 is 0.818 bits per heavy atom. The van der Waals surface area contributed by atoms with Gasteiger partial charge in [0.25, 0.3) is 0 Å². The Kier molecular flexibility index (Phi) is 49.7. The van der Waals surface area contributed by atoms with Crippen LogP contribution < -0.4 is 0 Å². The van der Waals surface area contributed by atoms with Crippen LogP contribution in [0.2, 0.25) is 0 Å². The third-order valence-electron chi connectivity index (χ3n) is 14.4. The van der Waals surface area contributed by atoms with Crippen molar-refractivity contribution < 1.29 is 58.2 Å². The molecule has 0 bridgehead atoms. The maximum Gasteiger partial charge on any atom is 0.335 e. The number of carbonyl (C=O) groups is 4. The van der Waals surface area contributed by atoms with E-state index in [-0.39, 0.29) is 25.9 Å². The molecule has 446 valence electrons. The number of hydrogen-bond acceptors (Lipinski definition) is 11. The van der Waals surface area contributed by atoms with Crippen LogP contribution >= 0.6 is 0 Å². The van der Waals surface area contributed by atoms with E-state index in [1.807, 2.05) is 0 Å². The number of carboxylic acid groups (broad SMARTS) is 1. The van der Waals surface area contributed by atoms with Crippen molar-refractivity contribution in [2.75, 3.05) is 13.2 Å². The molecule has 1 aliphatic rings. The van der Waals surface area contributed by atoms with Gasteiger partial charge in [0, 0.05) is 19.3 Å². The molecule has 0 spiro atoms. The lowest BCUT2D eigenvalue weighted by Gasteiger charge is -2.40. The lowest BCUT2D eigenvalue weighted by atomic mass is 9.98. The number of aliphatic hydroxyl groups is 2. The molecular weight excluding hydrogens is 973 g/mol. The van der Waals surface area contributed by atoms with Gasteiger partial charge in [-0.25, -0.2) is 4.79 Å². The first-order valence-electron chi connectivity index (χ1n) is 31.6. The number of carbonyl (C=O) groups excluding carboxylic acids is 3. The van der Waals surface area contributed by atoms with Crippen LogP contribution in [-0.4, -0.2) is 89.2 Å². The van der Waals surface area contributed by atoms with Crippen LogP contribution in [0.1, 0.15) is 290 Å². The summed E-state index contributed by atoms with van der Waals surface area (Å²) in [6, 6.07) is 0. The number of hydrogen-bond donors (Lipinski definition) is 3. The number of esters is 3. The molecule has 0 saturated carbocycles. The molecular formula is C65H114O12. The van der Waals surface area contributed by atoms with Gasteiger partial charge in [-0.15, -0.1) is 0 Å². The van der Waals surface area contributed by atoms with Crippen LogP contribution in [0.25, 0.3) is 0 Å². The molecule has 0 aromatic heterocycles. The fourth-order valence-electron chi connectivity index (χ4n) is 9.56. The highest BCUT2D eigenvalue weighted by atomic mass is 16.7. The van der Waals surface area contributed by atoms with E-state index in [0.29, 0.717) is 19.3 Å². The molecule has 6 unspecified atom stereocenters. The van der Waals surface area contributed by atoms with Gasteiger partial charge in [-0.05, 0) is 77.0 Å². The molecule has 0 aromatic carbocycles. The predicted molar refractivity (Wildman–Crippen MR) is 312 cm³/mol. The van der Waals surface area contributed by atoms with Gasteiger partial charge in [0.2, 0.25) is 0 Å². The molecule has 12 nitrogen and oxygen atoms in total. The number of carboxylic acids is 1. The Morgan fingerprint density at radius 1 is 0.442 bits per heavy atom. The van der Waals surface area contributed by atoms with Crippen LogP contribution in [-0.2, 0) is 42.9 Å². The number of rotatable bonds is 54. The number of aliphatic hydroxyl groups excluding tert-OH is 2. The Hall–Kier alpha value is -3.32. The summed E-state index contributed by atoms with van der Waals surface area (Å²) in [6.07, 6.45) is 52.2. The molecule has 3 N–H and O–H groups in total. The van der Waals surface area contributed by atoms with Crippen LogP contribution in [0.4, 0.5) is 0 Å². The molecule has 1 aliphatic heterocycles. The van der Waals surface area contributed by atoms with Crippen LogP contribution in [0, 0.1) is 0 Å². The summed E-state index contributed by atoms with van der Waals surface area (Å²) in [5, 5.41) is 31.5.